The molecule has 0 aliphatic carbocycles. The van der Waals surface area contributed by atoms with Crippen molar-refractivity contribution in [2.45, 2.75) is 13.0 Å². The molecule has 1 aliphatic heterocycles. The zero-order valence-electron chi connectivity index (χ0n) is 13.0. The maximum absolute atomic E-state index is 12.3. The van der Waals surface area contributed by atoms with Crippen molar-refractivity contribution < 1.29 is 23.7 Å². The zero-order chi connectivity index (χ0) is 15.2. The van der Waals surface area contributed by atoms with E-state index < -0.39 is 0 Å². The van der Waals surface area contributed by atoms with Crippen molar-refractivity contribution >= 4 is 18.4 Å². The fourth-order valence-electron chi connectivity index (χ4n) is 2.22. The predicted molar refractivity (Wildman–Crippen MR) is 84.3 cm³/mol. The van der Waals surface area contributed by atoms with Gasteiger partial charge in [0.15, 0.2) is 11.5 Å². The fourth-order valence-corrected chi connectivity index (χ4v) is 2.22. The highest BCUT2D eigenvalue weighted by Crippen LogP contribution is 2.37. The van der Waals surface area contributed by atoms with Crippen LogP contribution in [-0.4, -0.2) is 57.4 Å². The quantitative estimate of drug-likeness (QED) is 0.605. The van der Waals surface area contributed by atoms with Crippen LogP contribution in [-0.2, 0) is 9.53 Å². The summed E-state index contributed by atoms with van der Waals surface area (Å²) in [7, 11) is 3.05. The van der Waals surface area contributed by atoms with E-state index in [1.807, 2.05) is 11.8 Å². The largest absolute Gasteiger partial charge is 0.493 e. The summed E-state index contributed by atoms with van der Waals surface area (Å²) in [5.74, 6) is 0.918. The molecule has 124 valence electrons. The SMILES string of the molecule is COc1cccc(OC)c1OC(=O)C(C)N1CCOCC1.Cl. The third kappa shape index (κ3) is 4.25. The maximum Gasteiger partial charge on any atom is 0.328 e. The Morgan fingerprint density at radius 1 is 1.18 bits per heavy atom. The number of para-hydroxylation sites is 1. The Labute approximate surface area is 136 Å². The van der Waals surface area contributed by atoms with Gasteiger partial charge >= 0.3 is 5.97 Å². The van der Waals surface area contributed by atoms with Crippen LogP contribution in [0.25, 0.3) is 0 Å². The molecule has 1 heterocycles. The second-order valence-electron chi connectivity index (χ2n) is 4.74. The predicted octanol–water partition coefficient (Wildman–Crippen LogP) is 1.75. The van der Waals surface area contributed by atoms with Gasteiger partial charge in [0.2, 0.25) is 5.75 Å². The van der Waals surface area contributed by atoms with E-state index in [0.717, 1.165) is 13.1 Å². The lowest BCUT2D eigenvalue weighted by Gasteiger charge is -2.30. The van der Waals surface area contributed by atoms with Gasteiger partial charge in [0.1, 0.15) is 6.04 Å². The van der Waals surface area contributed by atoms with E-state index in [0.29, 0.717) is 30.5 Å². The summed E-state index contributed by atoms with van der Waals surface area (Å²) in [5, 5.41) is 0. The van der Waals surface area contributed by atoms with E-state index >= 15 is 0 Å². The Hall–Kier alpha value is -1.50. The number of hydrogen-bond acceptors (Lipinski definition) is 6. The van der Waals surface area contributed by atoms with E-state index in [1.165, 1.54) is 14.2 Å². The van der Waals surface area contributed by atoms with E-state index in [-0.39, 0.29) is 24.4 Å². The third-order valence-corrected chi connectivity index (χ3v) is 3.52. The molecule has 0 bridgehead atoms. The second kappa shape index (κ2) is 8.82. The molecule has 0 spiro atoms. The molecule has 1 aliphatic rings. The van der Waals surface area contributed by atoms with Crippen molar-refractivity contribution in [1.82, 2.24) is 4.90 Å². The van der Waals surface area contributed by atoms with E-state index in [1.54, 1.807) is 18.2 Å². The first-order chi connectivity index (χ1) is 10.2. The Kier molecular flexibility index (Phi) is 7.44. The lowest BCUT2D eigenvalue weighted by molar-refractivity contribution is -0.141. The van der Waals surface area contributed by atoms with Crippen LogP contribution in [0.15, 0.2) is 18.2 Å². The molecule has 1 aromatic rings. The fraction of sp³-hybridized carbons (Fsp3) is 0.533. The second-order valence-corrected chi connectivity index (χ2v) is 4.74. The topological polar surface area (TPSA) is 57.2 Å². The van der Waals surface area contributed by atoms with Gasteiger partial charge in [-0.15, -0.1) is 12.4 Å². The standard InChI is InChI=1S/C15H21NO5.ClH/c1-11(16-7-9-20-10-8-16)15(17)21-14-12(18-2)5-4-6-13(14)19-3;/h4-6,11H,7-10H2,1-3H3;1H. The number of morpholine rings is 1. The molecule has 1 saturated heterocycles. The molecular formula is C15H22ClNO5. The molecule has 0 aromatic heterocycles. The summed E-state index contributed by atoms with van der Waals surface area (Å²) in [6.45, 7) is 4.54. The first-order valence-electron chi connectivity index (χ1n) is 6.92. The number of carbonyl (C=O) groups excluding carboxylic acids is 1. The van der Waals surface area contributed by atoms with Crippen LogP contribution in [0.3, 0.4) is 0 Å². The Morgan fingerprint density at radius 2 is 1.73 bits per heavy atom. The number of nitrogens with zero attached hydrogens (tertiary/aromatic N) is 1. The highest BCUT2D eigenvalue weighted by Gasteiger charge is 2.26. The number of ether oxygens (including phenoxy) is 4. The molecule has 0 radical (unpaired) electrons. The van der Waals surface area contributed by atoms with Crippen LogP contribution in [0.4, 0.5) is 0 Å². The van der Waals surface area contributed by atoms with Crippen molar-refractivity contribution in [3.63, 3.8) is 0 Å². The molecule has 0 amide bonds. The van der Waals surface area contributed by atoms with Gasteiger partial charge in [-0.3, -0.25) is 4.90 Å². The molecule has 1 aromatic carbocycles. The zero-order valence-corrected chi connectivity index (χ0v) is 13.9. The van der Waals surface area contributed by atoms with Crippen LogP contribution < -0.4 is 14.2 Å². The summed E-state index contributed by atoms with van der Waals surface area (Å²) in [6, 6.07) is 4.89. The minimum absolute atomic E-state index is 0. The van der Waals surface area contributed by atoms with E-state index in [9.17, 15) is 4.79 Å². The Morgan fingerprint density at radius 3 is 2.23 bits per heavy atom. The lowest BCUT2D eigenvalue weighted by atomic mass is 10.2. The van der Waals surface area contributed by atoms with Gasteiger partial charge in [0.25, 0.3) is 0 Å². The monoisotopic (exact) mass is 331 g/mol. The molecule has 22 heavy (non-hydrogen) atoms. The summed E-state index contributed by atoms with van der Waals surface area (Å²) >= 11 is 0. The average molecular weight is 332 g/mol. The number of hydrogen-bond donors (Lipinski definition) is 0. The molecule has 1 unspecified atom stereocenters. The highest BCUT2D eigenvalue weighted by molar-refractivity contribution is 5.85. The van der Waals surface area contributed by atoms with Crippen LogP contribution in [0.5, 0.6) is 17.2 Å². The summed E-state index contributed by atoms with van der Waals surface area (Å²) in [4.78, 5) is 14.4. The van der Waals surface area contributed by atoms with Gasteiger partial charge in [-0.05, 0) is 19.1 Å². The highest BCUT2D eigenvalue weighted by atomic mass is 35.5. The van der Waals surface area contributed by atoms with Gasteiger partial charge in [-0.2, -0.15) is 0 Å². The number of halogens is 1. The molecule has 0 saturated carbocycles. The average Bonchev–Trinajstić information content (AvgIpc) is 2.55. The van der Waals surface area contributed by atoms with Crippen LogP contribution >= 0.6 is 12.4 Å². The number of carbonyl (C=O) groups is 1. The van der Waals surface area contributed by atoms with Crippen molar-refractivity contribution in [3.05, 3.63) is 18.2 Å². The van der Waals surface area contributed by atoms with Crippen molar-refractivity contribution in [3.8, 4) is 17.2 Å². The molecule has 1 atom stereocenters. The smallest absolute Gasteiger partial charge is 0.328 e. The molecule has 0 N–H and O–H groups in total. The van der Waals surface area contributed by atoms with Gasteiger partial charge in [0, 0.05) is 13.1 Å². The Bertz CT molecular complexity index is 469. The molecule has 6 nitrogen and oxygen atoms in total. The summed E-state index contributed by atoms with van der Waals surface area (Å²) in [5.41, 5.74) is 0. The van der Waals surface area contributed by atoms with Gasteiger partial charge in [0.05, 0.1) is 27.4 Å². The van der Waals surface area contributed by atoms with Gasteiger partial charge in [-0.25, -0.2) is 4.79 Å². The van der Waals surface area contributed by atoms with Crippen molar-refractivity contribution in [2.24, 2.45) is 0 Å². The van der Waals surface area contributed by atoms with Crippen molar-refractivity contribution in [1.29, 1.82) is 0 Å². The number of benzene rings is 1. The van der Waals surface area contributed by atoms with Crippen molar-refractivity contribution in [2.75, 3.05) is 40.5 Å². The third-order valence-electron chi connectivity index (χ3n) is 3.52. The normalized spacial score (nSPS) is 16.3. The molecule has 1 fully saturated rings. The molecule has 2 rings (SSSR count). The molecular weight excluding hydrogens is 310 g/mol. The van der Waals surface area contributed by atoms with Crippen LogP contribution in [0.2, 0.25) is 0 Å². The lowest BCUT2D eigenvalue weighted by Crippen LogP contribution is -2.47. The number of rotatable bonds is 5. The summed E-state index contributed by atoms with van der Waals surface area (Å²) < 4.78 is 21.2. The van der Waals surface area contributed by atoms with Gasteiger partial charge < -0.3 is 18.9 Å². The van der Waals surface area contributed by atoms with Gasteiger partial charge in [-0.1, -0.05) is 6.07 Å². The summed E-state index contributed by atoms with van der Waals surface area (Å²) in [6.07, 6.45) is 0. The van der Waals surface area contributed by atoms with E-state index in [4.69, 9.17) is 18.9 Å². The minimum Gasteiger partial charge on any atom is -0.493 e. The first-order valence-corrected chi connectivity index (χ1v) is 6.92. The number of methoxy groups -OCH3 is 2. The first kappa shape index (κ1) is 18.5. The Balaban J connectivity index is 0.00000242. The maximum atomic E-state index is 12.3. The van der Waals surface area contributed by atoms with Crippen LogP contribution in [0.1, 0.15) is 6.92 Å². The number of esters is 1. The van der Waals surface area contributed by atoms with E-state index in [2.05, 4.69) is 0 Å². The van der Waals surface area contributed by atoms with Crippen LogP contribution in [0, 0.1) is 0 Å². The minimum atomic E-state index is -0.344. The molecule has 7 heteroatoms.